The number of anilines is 3. The van der Waals surface area contributed by atoms with Crippen LogP contribution >= 0.6 is 0 Å². The number of rotatable bonds is 6. The fourth-order valence-corrected chi connectivity index (χ4v) is 3.95. The van der Waals surface area contributed by atoms with Crippen LogP contribution in [0.2, 0.25) is 0 Å². The number of ether oxygens (including phenoxy) is 1. The van der Waals surface area contributed by atoms with E-state index < -0.39 is 0 Å². The van der Waals surface area contributed by atoms with Crippen LogP contribution in [0.25, 0.3) is 11.1 Å². The number of methoxy groups -OCH3 is 1. The van der Waals surface area contributed by atoms with Crippen molar-refractivity contribution < 1.29 is 9.53 Å². The molecule has 0 unspecified atom stereocenters. The van der Waals surface area contributed by atoms with E-state index in [0.717, 1.165) is 54.4 Å². The molecule has 7 nitrogen and oxygen atoms in total. The van der Waals surface area contributed by atoms with Crippen LogP contribution in [0.1, 0.15) is 10.4 Å². The Labute approximate surface area is 195 Å². The molecule has 0 spiro atoms. The highest BCUT2D eigenvalue weighted by molar-refractivity contribution is 5.95. The molecular formula is C26H31N5O2. The summed E-state index contributed by atoms with van der Waals surface area (Å²) in [7, 11) is 7.35. The minimum absolute atomic E-state index is 0.0190. The number of benzene rings is 2. The van der Waals surface area contributed by atoms with Gasteiger partial charge in [-0.3, -0.25) is 4.79 Å². The van der Waals surface area contributed by atoms with Crippen molar-refractivity contribution >= 4 is 23.1 Å². The number of hydrogen-bond donors (Lipinski definition) is 1. The molecule has 1 aliphatic heterocycles. The molecule has 2 aromatic carbocycles. The quantitative estimate of drug-likeness (QED) is 0.620. The third kappa shape index (κ3) is 5.26. The number of piperazine rings is 1. The van der Waals surface area contributed by atoms with Crippen molar-refractivity contribution in [2.75, 3.05) is 64.6 Å². The van der Waals surface area contributed by atoms with Crippen molar-refractivity contribution in [3.8, 4) is 16.9 Å². The van der Waals surface area contributed by atoms with Gasteiger partial charge >= 0.3 is 0 Å². The average molecular weight is 446 g/mol. The Bertz CT molecular complexity index is 1120. The molecule has 3 aromatic rings. The number of hydrogen-bond acceptors (Lipinski definition) is 6. The first-order valence-electron chi connectivity index (χ1n) is 11.1. The zero-order chi connectivity index (χ0) is 23.4. The lowest BCUT2D eigenvalue weighted by Gasteiger charge is -2.34. The van der Waals surface area contributed by atoms with Crippen LogP contribution in [0.3, 0.4) is 0 Å². The SMILES string of the molecule is COc1cc(N2CCN(C)CC2)ccc1Nc1cc(-c2cccc(C(=O)N(C)C)c2)ccn1. The minimum atomic E-state index is -0.0190. The summed E-state index contributed by atoms with van der Waals surface area (Å²) in [6.45, 7) is 4.12. The lowest BCUT2D eigenvalue weighted by Crippen LogP contribution is -2.44. The summed E-state index contributed by atoms with van der Waals surface area (Å²) in [5.41, 5.74) is 4.62. The maximum absolute atomic E-state index is 12.3. The van der Waals surface area contributed by atoms with E-state index in [0.29, 0.717) is 11.4 Å². The van der Waals surface area contributed by atoms with E-state index in [2.05, 4.69) is 39.3 Å². The van der Waals surface area contributed by atoms with E-state index in [1.807, 2.05) is 42.5 Å². The maximum Gasteiger partial charge on any atom is 0.253 e. The number of nitrogens with zero attached hydrogens (tertiary/aromatic N) is 4. The van der Waals surface area contributed by atoms with Gasteiger partial charge in [0.2, 0.25) is 0 Å². The molecule has 1 aliphatic rings. The summed E-state index contributed by atoms with van der Waals surface area (Å²) >= 11 is 0. The number of aromatic nitrogens is 1. The second-order valence-corrected chi connectivity index (χ2v) is 8.51. The predicted octanol–water partition coefficient (Wildman–Crippen LogP) is 3.95. The Kier molecular flexibility index (Phi) is 6.79. The standard InChI is InChI=1S/C26H31N5O2/c1-29(2)26(32)21-7-5-6-19(16-21)20-10-11-27-25(17-20)28-23-9-8-22(18-24(23)33-4)31-14-12-30(3)13-15-31/h5-11,16-18H,12-15H2,1-4H3,(H,27,28). The van der Waals surface area contributed by atoms with E-state index >= 15 is 0 Å². The molecule has 1 N–H and O–H groups in total. The van der Waals surface area contributed by atoms with Crippen molar-refractivity contribution in [3.63, 3.8) is 0 Å². The summed E-state index contributed by atoms with van der Waals surface area (Å²) in [6, 6.07) is 17.8. The van der Waals surface area contributed by atoms with Crippen LogP contribution < -0.4 is 15.0 Å². The Hall–Kier alpha value is -3.58. The molecule has 0 aliphatic carbocycles. The van der Waals surface area contributed by atoms with E-state index in [4.69, 9.17) is 4.74 Å². The molecule has 7 heteroatoms. The second-order valence-electron chi connectivity index (χ2n) is 8.51. The Morgan fingerprint density at radius 2 is 1.76 bits per heavy atom. The van der Waals surface area contributed by atoms with Gasteiger partial charge in [-0.15, -0.1) is 0 Å². The number of carbonyl (C=O) groups excluding carboxylic acids is 1. The highest BCUT2D eigenvalue weighted by Gasteiger charge is 2.16. The normalized spacial score (nSPS) is 14.1. The summed E-state index contributed by atoms with van der Waals surface area (Å²) in [4.78, 5) is 23.1. The third-order valence-corrected chi connectivity index (χ3v) is 5.93. The molecule has 4 rings (SSSR count). The van der Waals surface area contributed by atoms with Crippen LogP contribution in [-0.4, -0.2) is 75.1 Å². The molecule has 0 bridgehead atoms. The molecular weight excluding hydrogens is 414 g/mol. The van der Waals surface area contributed by atoms with Gasteiger partial charge in [0.25, 0.3) is 5.91 Å². The Balaban J connectivity index is 1.55. The summed E-state index contributed by atoms with van der Waals surface area (Å²) in [6.07, 6.45) is 1.77. The Morgan fingerprint density at radius 1 is 1.00 bits per heavy atom. The van der Waals surface area contributed by atoms with Crippen molar-refractivity contribution in [1.29, 1.82) is 0 Å². The van der Waals surface area contributed by atoms with Gasteiger partial charge < -0.3 is 24.8 Å². The molecule has 33 heavy (non-hydrogen) atoms. The van der Waals surface area contributed by atoms with Gasteiger partial charge in [0.1, 0.15) is 11.6 Å². The van der Waals surface area contributed by atoms with Gasteiger partial charge in [0.05, 0.1) is 12.8 Å². The van der Waals surface area contributed by atoms with E-state index in [1.54, 1.807) is 32.3 Å². The number of likely N-dealkylation sites (N-methyl/N-ethyl adjacent to an activating group) is 1. The fraction of sp³-hybridized carbons (Fsp3) is 0.308. The van der Waals surface area contributed by atoms with Gasteiger partial charge in [-0.1, -0.05) is 12.1 Å². The van der Waals surface area contributed by atoms with Gasteiger partial charge in [-0.05, 0) is 54.6 Å². The topological polar surface area (TPSA) is 60.9 Å². The second kappa shape index (κ2) is 9.92. The predicted molar refractivity (Wildman–Crippen MR) is 134 cm³/mol. The summed E-state index contributed by atoms with van der Waals surface area (Å²) in [5, 5.41) is 3.39. The van der Waals surface area contributed by atoms with Crippen LogP contribution in [0.15, 0.2) is 60.8 Å². The fourth-order valence-electron chi connectivity index (χ4n) is 3.95. The number of nitrogens with one attached hydrogen (secondary N) is 1. The van der Waals surface area contributed by atoms with Gasteiger partial charge in [-0.2, -0.15) is 0 Å². The molecule has 172 valence electrons. The number of pyridine rings is 1. The molecule has 1 amide bonds. The molecule has 1 fully saturated rings. The smallest absolute Gasteiger partial charge is 0.253 e. The van der Waals surface area contributed by atoms with Crippen molar-refractivity contribution in [2.24, 2.45) is 0 Å². The molecule has 0 saturated carbocycles. The highest BCUT2D eigenvalue weighted by atomic mass is 16.5. The van der Waals surface area contributed by atoms with E-state index in [9.17, 15) is 4.79 Å². The van der Waals surface area contributed by atoms with Crippen molar-refractivity contribution in [3.05, 3.63) is 66.4 Å². The zero-order valence-electron chi connectivity index (χ0n) is 19.7. The van der Waals surface area contributed by atoms with E-state index in [1.165, 1.54) is 0 Å². The van der Waals surface area contributed by atoms with E-state index in [-0.39, 0.29) is 5.91 Å². The highest BCUT2D eigenvalue weighted by Crippen LogP contribution is 2.33. The first kappa shape index (κ1) is 22.6. The monoisotopic (exact) mass is 445 g/mol. The summed E-state index contributed by atoms with van der Waals surface area (Å²) in [5.74, 6) is 1.47. The van der Waals surface area contributed by atoms with Crippen molar-refractivity contribution in [1.82, 2.24) is 14.8 Å². The molecule has 2 heterocycles. The Morgan fingerprint density at radius 3 is 2.48 bits per heavy atom. The maximum atomic E-state index is 12.3. The van der Waals surface area contributed by atoms with Crippen LogP contribution in [0, 0.1) is 0 Å². The molecule has 0 atom stereocenters. The van der Waals surface area contributed by atoms with Gasteiger partial charge in [0.15, 0.2) is 0 Å². The molecule has 1 aromatic heterocycles. The number of carbonyl (C=O) groups is 1. The lowest BCUT2D eigenvalue weighted by atomic mass is 10.0. The van der Waals surface area contributed by atoms with Gasteiger partial charge in [-0.25, -0.2) is 4.98 Å². The van der Waals surface area contributed by atoms with Crippen LogP contribution in [0.4, 0.5) is 17.2 Å². The number of amides is 1. The largest absolute Gasteiger partial charge is 0.494 e. The first-order chi connectivity index (χ1) is 15.9. The first-order valence-corrected chi connectivity index (χ1v) is 11.1. The van der Waals surface area contributed by atoms with Crippen LogP contribution in [-0.2, 0) is 0 Å². The van der Waals surface area contributed by atoms with Gasteiger partial charge in [0, 0.05) is 63.8 Å². The third-order valence-electron chi connectivity index (χ3n) is 5.93. The lowest BCUT2D eigenvalue weighted by molar-refractivity contribution is 0.0827. The zero-order valence-corrected chi connectivity index (χ0v) is 19.7. The minimum Gasteiger partial charge on any atom is -0.494 e. The summed E-state index contributed by atoms with van der Waals surface area (Å²) < 4.78 is 5.68. The average Bonchev–Trinajstić information content (AvgIpc) is 2.84. The molecule has 0 radical (unpaired) electrons. The molecule has 1 saturated heterocycles. The van der Waals surface area contributed by atoms with Crippen LogP contribution in [0.5, 0.6) is 5.75 Å². The van der Waals surface area contributed by atoms with Crippen molar-refractivity contribution in [2.45, 2.75) is 0 Å².